The molecular formula is C13H9BrClN3O. The van der Waals surface area contributed by atoms with Crippen LogP contribution in [-0.4, -0.2) is 14.4 Å². The SMILES string of the molecule is Clc1ccc(OCc2nc(Br)c3cnccn23)cc1. The van der Waals surface area contributed by atoms with Crippen LogP contribution in [0.15, 0.2) is 47.5 Å². The molecule has 0 unspecified atom stereocenters. The second-order valence-electron chi connectivity index (χ2n) is 3.89. The fraction of sp³-hybridized carbons (Fsp3) is 0.0769. The highest BCUT2D eigenvalue weighted by molar-refractivity contribution is 9.10. The van der Waals surface area contributed by atoms with Gasteiger partial charge in [-0.05, 0) is 40.2 Å². The number of imidazole rings is 1. The molecular weight excluding hydrogens is 330 g/mol. The third-order valence-electron chi connectivity index (χ3n) is 2.66. The largest absolute Gasteiger partial charge is 0.486 e. The van der Waals surface area contributed by atoms with Crippen LogP contribution in [0.25, 0.3) is 5.52 Å². The van der Waals surface area contributed by atoms with E-state index >= 15 is 0 Å². The zero-order valence-electron chi connectivity index (χ0n) is 9.75. The van der Waals surface area contributed by atoms with Crippen molar-refractivity contribution < 1.29 is 4.74 Å². The topological polar surface area (TPSA) is 39.4 Å². The molecule has 3 rings (SSSR count). The average Bonchev–Trinajstić information content (AvgIpc) is 2.76. The number of fused-ring (bicyclic) bond motifs is 1. The number of aromatic nitrogens is 3. The number of hydrogen-bond acceptors (Lipinski definition) is 3. The molecule has 4 nitrogen and oxygen atoms in total. The Bertz CT molecular complexity index is 711. The first-order chi connectivity index (χ1) is 9.24. The molecule has 0 aliphatic carbocycles. The van der Waals surface area contributed by atoms with Crippen molar-refractivity contribution in [2.24, 2.45) is 0 Å². The molecule has 0 N–H and O–H groups in total. The molecule has 0 amide bonds. The summed E-state index contributed by atoms with van der Waals surface area (Å²) in [5.74, 6) is 1.56. The standard InChI is InChI=1S/C13H9BrClN3O/c14-13-11-7-16-5-6-18(11)12(17-13)8-19-10-3-1-9(15)2-4-10/h1-7H,8H2. The number of nitrogens with zero attached hydrogens (tertiary/aromatic N) is 3. The van der Waals surface area contributed by atoms with Gasteiger partial charge in [0.15, 0.2) is 5.82 Å². The van der Waals surface area contributed by atoms with Crippen molar-refractivity contribution in [3.8, 4) is 5.75 Å². The first-order valence-corrected chi connectivity index (χ1v) is 6.76. The van der Waals surface area contributed by atoms with Crippen LogP contribution in [-0.2, 0) is 6.61 Å². The Morgan fingerprint density at radius 1 is 1.26 bits per heavy atom. The van der Waals surface area contributed by atoms with Gasteiger partial charge in [0.05, 0.1) is 11.7 Å². The Hall–Kier alpha value is -1.59. The Balaban J connectivity index is 1.84. The van der Waals surface area contributed by atoms with Gasteiger partial charge in [0.25, 0.3) is 0 Å². The Morgan fingerprint density at radius 2 is 2.05 bits per heavy atom. The number of ether oxygens (including phenoxy) is 1. The summed E-state index contributed by atoms with van der Waals surface area (Å²) in [4.78, 5) is 8.48. The third-order valence-corrected chi connectivity index (χ3v) is 3.49. The zero-order chi connectivity index (χ0) is 13.2. The summed E-state index contributed by atoms with van der Waals surface area (Å²) in [6, 6.07) is 7.24. The highest BCUT2D eigenvalue weighted by Crippen LogP contribution is 2.20. The number of rotatable bonds is 3. The van der Waals surface area contributed by atoms with Crippen LogP contribution in [0.5, 0.6) is 5.75 Å². The van der Waals surface area contributed by atoms with Gasteiger partial charge in [-0.1, -0.05) is 11.6 Å². The molecule has 0 saturated carbocycles. The first-order valence-electron chi connectivity index (χ1n) is 5.59. The molecule has 3 aromatic rings. The maximum atomic E-state index is 5.83. The number of hydrogen-bond donors (Lipinski definition) is 0. The molecule has 6 heteroatoms. The quantitative estimate of drug-likeness (QED) is 0.730. The molecule has 0 aliphatic heterocycles. The van der Waals surface area contributed by atoms with Crippen molar-refractivity contribution in [2.45, 2.75) is 6.61 Å². The van der Waals surface area contributed by atoms with Gasteiger partial charge in [-0.25, -0.2) is 4.98 Å². The van der Waals surface area contributed by atoms with Crippen LogP contribution in [0, 0.1) is 0 Å². The third kappa shape index (κ3) is 2.57. The fourth-order valence-corrected chi connectivity index (χ4v) is 2.37. The van der Waals surface area contributed by atoms with Crippen molar-refractivity contribution in [2.75, 3.05) is 0 Å². The minimum absolute atomic E-state index is 0.373. The summed E-state index contributed by atoms with van der Waals surface area (Å²) in [5, 5.41) is 0.687. The highest BCUT2D eigenvalue weighted by Gasteiger charge is 2.09. The molecule has 19 heavy (non-hydrogen) atoms. The van der Waals surface area contributed by atoms with Gasteiger partial charge in [-0.15, -0.1) is 0 Å². The summed E-state index contributed by atoms with van der Waals surface area (Å²) >= 11 is 9.23. The summed E-state index contributed by atoms with van der Waals surface area (Å²) < 4.78 is 8.38. The lowest BCUT2D eigenvalue weighted by Crippen LogP contribution is -2.01. The molecule has 0 spiro atoms. The fourth-order valence-electron chi connectivity index (χ4n) is 1.74. The zero-order valence-corrected chi connectivity index (χ0v) is 12.1. The van der Waals surface area contributed by atoms with Crippen molar-refractivity contribution in [3.05, 3.63) is 58.3 Å². The van der Waals surface area contributed by atoms with Crippen molar-refractivity contribution in [1.29, 1.82) is 0 Å². The molecule has 0 bridgehead atoms. The molecule has 0 saturated heterocycles. The lowest BCUT2D eigenvalue weighted by atomic mass is 10.3. The van der Waals surface area contributed by atoms with Gasteiger partial charge in [0.2, 0.25) is 0 Å². The Morgan fingerprint density at radius 3 is 2.84 bits per heavy atom. The maximum absolute atomic E-state index is 5.83. The van der Waals surface area contributed by atoms with Gasteiger partial charge in [0.1, 0.15) is 17.0 Å². The van der Waals surface area contributed by atoms with Crippen molar-refractivity contribution in [1.82, 2.24) is 14.4 Å². The molecule has 2 aromatic heterocycles. The van der Waals surface area contributed by atoms with Crippen molar-refractivity contribution >= 4 is 33.0 Å². The van der Waals surface area contributed by atoms with E-state index in [0.717, 1.165) is 21.7 Å². The van der Waals surface area contributed by atoms with Gasteiger partial charge >= 0.3 is 0 Å². The van der Waals surface area contributed by atoms with E-state index in [1.807, 2.05) is 22.7 Å². The lowest BCUT2D eigenvalue weighted by molar-refractivity contribution is 0.295. The number of benzene rings is 1. The predicted molar refractivity (Wildman–Crippen MR) is 76.5 cm³/mol. The normalized spacial score (nSPS) is 10.8. The predicted octanol–water partition coefficient (Wildman–Crippen LogP) is 3.72. The van der Waals surface area contributed by atoms with Gasteiger partial charge in [-0.3, -0.25) is 9.38 Å². The molecule has 0 radical (unpaired) electrons. The van der Waals surface area contributed by atoms with Gasteiger partial charge in [0, 0.05) is 17.4 Å². The van der Waals surface area contributed by atoms with Crippen LogP contribution in [0.2, 0.25) is 5.02 Å². The van der Waals surface area contributed by atoms with Gasteiger partial charge < -0.3 is 4.74 Å². The van der Waals surface area contributed by atoms with E-state index < -0.39 is 0 Å². The smallest absolute Gasteiger partial charge is 0.152 e. The second kappa shape index (κ2) is 5.19. The molecule has 0 aliphatic rings. The Labute approximate surface area is 123 Å². The van der Waals surface area contributed by atoms with E-state index in [-0.39, 0.29) is 0 Å². The minimum atomic E-state index is 0.373. The Kier molecular flexibility index (Phi) is 3.40. The van der Waals surface area contributed by atoms with Crippen LogP contribution < -0.4 is 4.74 Å². The minimum Gasteiger partial charge on any atom is -0.486 e. The monoisotopic (exact) mass is 337 g/mol. The molecule has 2 heterocycles. The van der Waals surface area contributed by atoms with E-state index in [1.165, 1.54) is 0 Å². The van der Waals surface area contributed by atoms with E-state index in [2.05, 4.69) is 25.9 Å². The molecule has 96 valence electrons. The summed E-state index contributed by atoms with van der Waals surface area (Å²) in [6.45, 7) is 0.373. The highest BCUT2D eigenvalue weighted by atomic mass is 79.9. The van der Waals surface area contributed by atoms with E-state index in [9.17, 15) is 0 Å². The molecule has 1 aromatic carbocycles. The van der Waals surface area contributed by atoms with Crippen molar-refractivity contribution in [3.63, 3.8) is 0 Å². The maximum Gasteiger partial charge on any atom is 0.152 e. The summed E-state index contributed by atoms with van der Waals surface area (Å²) in [5.41, 5.74) is 0.914. The average molecular weight is 339 g/mol. The summed E-state index contributed by atoms with van der Waals surface area (Å²) in [6.07, 6.45) is 5.32. The summed E-state index contributed by atoms with van der Waals surface area (Å²) in [7, 11) is 0. The van der Waals surface area contributed by atoms with Crippen LogP contribution >= 0.6 is 27.5 Å². The van der Waals surface area contributed by atoms with Crippen LogP contribution in [0.4, 0.5) is 0 Å². The van der Waals surface area contributed by atoms with E-state index in [1.54, 1.807) is 24.5 Å². The number of halogens is 2. The molecule has 0 fully saturated rings. The lowest BCUT2D eigenvalue weighted by Gasteiger charge is -2.05. The van der Waals surface area contributed by atoms with E-state index in [4.69, 9.17) is 16.3 Å². The van der Waals surface area contributed by atoms with Crippen LogP contribution in [0.3, 0.4) is 0 Å². The second-order valence-corrected chi connectivity index (χ2v) is 5.08. The van der Waals surface area contributed by atoms with Crippen LogP contribution in [0.1, 0.15) is 5.82 Å². The van der Waals surface area contributed by atoms with Gasteiger partial charge in [-0.2, -0.15) is 0 Å². The molecule has 0 atom stereocenters. The first kappa shape index (κ1) is 12.4. The van der Waals surface area contributed by atoms with E-state index in [0.29, 0.717) is 11.6 Å².